The third kappa shape index (κ3) is 4.47. The first-order valence-electron chi connectivity index (χ1n) is 6.60. The standard InChI is InChI=1S/C13H18Cl2N2O2S.ClH/c14-11-3-4-12(15)13(8-11)20(18,19)17-7-1-2-10(9-17)5-6-16;/h3-4,8,10H,1-2,5-7,9,16H2;1H. The third-order valence-corrected chi connectivity index (χ3v) is 6.15. The van der Waals surface area contributed by atoms with Crippen LogP contribution in [0, 0.1) is 5.92 Å². The number of piperidine rings is 1. The minimum Gasteiger partial charge on any atom is -0.330 e. The van der Waals surface area contributed by atoms with Crippen LogP contribution in [0.15, 0.2) is 23.1 Å². The summed E-state index contributed by atoms with van der Waals surface area (Å²) in [4.78, 5) is 0.0834. The van der Waals surface area contributed by atoms with Gasteiger partial charge in [-0.25, -0.2) is 8.42 Å². The number of sulfonamides is 1. The molecule has 1 fully saturated rings. The topological polar surface area (TPSA) is 63.4 Å². The van der Waals surface area contributed by atoms with E-state index in [1.54, 1.807) is 6.07 Å². The minimum atomic E-state index is -3.59. The van der Waals surface area contributed by atoms with Crippen molar-refractivity contribution in [2.75, 3.05) is 19.6 Å². The van der Waals surface area contributed by atoms with E-state index in [-0.39, 0.29) is 22.3 Å². The van der Waals surface area contributed by atoms with Gasteiger partial charge in [-0.15, -0.1) is 12.4 Å². The van der Waals surface area contributed by atoms with Crippen molar-refractivity contribution >= 4 is 45.6 Å². The maximum atomic E-state index is 12.7. The lowest BCUT2D eigenvalue weighted by molar-refractivity contribution is 0.258. The fraction of sp³-hybridized carbons (Fsp3) is 0.538. The van der Waals surface area contributed by atoms with Crippen molar-refractivity contribution in [1.29, 1.82) is 0 Å². The Morgan fingerprint density at radius 1 is 1.33 bits per heavy atom. The van der Waals surface area contributed by atoms with Crippen molar-refractivity contribution < 1.29 is 8.42 Å². The lowest BCUT2D eigenvalue weighted by Gasteiger charge is -2.32. The Morgan fingerprint density at radius 3 is 2.71 bits per heavy atom. The number of hydrogen-bond donors (Lipinski definition) is 1. The van der Waals surface area contributed by atoms with Crippen molar-refractivity contribution in [2.45, 2.75) is 24.2 Å². The van der Waals surface area contributed by atoms with Gasteiger partial charge in [-0.1, -0.05) is 23.2 Å². The first kappa shape index (κ1) is 19.0. The van der Waals surface area contributed by atoms with Gasteiger partial charge in [0.2, 0.25) is 10.0 Å². The number of nitrogens with zero attached hydrogens (tertiary/aromatic N) is 1. The Labute approximate surface area is 142 Å². The molecular formula is C13H19Cl3N2O2S. The maximum Gasteiger partial charge on any atom is 0.244 e. The van der Waals surface area contributed by atoms with Gasteiger partial charge in [-0.05, 0) is 49.9 Å². The Kier molecular flexibility index (Phi) is 7.24. The third-order valence-electron chi connectivity index (χ3n) is 3.57. The van der Waals surface area contributed by atoms with Crippen LogP contribution >= 0.6 is 35.6 Å². The first-order chi connectivity index (χ1) is 9.45. The highest BCUT2D eigenvalue weighted by molar-refractivity contribution is 7.89. The summed E-state index contributed by atoms with van der Waals surface area (Å²) in [5, 5.41) is 0.568. The second-order valence-corrected chi connectivity index (χ2v) is 7.77. The van der Waals surface area contributed by atoms with E-state index in [1.165, 1.54) is 16.4 Å². The molecule has 120 valence electrons. The Hall–Kier alpha value is -0.0400. The fourth-order valence-electron chi connectivity index (χ4n) is 2.53. The summed E-state index contributed by atoms with van der Waals surface area (Å²) < 4.78 is 26.8. The minimum absolute atomic E-state index is 0. The fourth-order valence-corrected chi connectivity index (χ4v) is 4.82. The molecule has 1 aromatic rings. The summed E-state index contributed by atoms with van der Waals surface area (Å²) in [7, 11) is -3.59. The van der Waals surface area contributed by atoms with Crippen LogP contribution in [0.25, 0.3) is 0 Å². The molecule has 1 aliphatic rings. The zero-order valence-corrected chi connectivity index (χ0v) is 14.6. The molecule has 1 heterocycles. The first-order valence-corrected chi connectivity index (χ1v) is 8.80. The maximum absolute atomic E-state index is 12.7. The van der Waals surface area contributed by atoms with E-state index >= 15 is 0 Å². The molecule has 1 saturated heterocycles. The van der Waals surface area contributed by atoms with E-state index in [0.717, 1.165) is 19.3 Å². The molecule has 0 saturated carbocycles. The molecule has 1 aromatic carbocycles. The second-order valence-electron chi connectivity index (χ2n) is 5.02. The van der Waals surface area contributed by atoms with Crippen LogP contribution in [-0.2, 0) is 10.0 Å². The molecule has 0 aromatic heterocycles. The van der Waals surface area contributed by atoms with Crippen molar-refractivity contribution in [2.24, 2.45) is 11.7 Å². The van der Waals surface area contributed by atoms with Gasteiger partial charge in [-0.2, -0.15) is 4.31 Å². The molecule has 21 heavy (non-hydrogen) atoms. The van der Waals surface area contributed by atoms with Crippen molar-refractivity contribution in [1.82, 2.24) is 4.31 Å². The van der Waals surface area contributed by atoms with Crippen molar-refractivity contribution in [3.05, 3.63) is 28.2 Å². The summed E-state index contributed by atoms with van der Waals surface area (Å²) in [5.74, 6) is 0.321. The molecular weight excluding hydrogens is 355 g/mol. The molecule has 0 aliphatic carbocycles. The van der Waals surface area contributed by atoms with Gasteiger partial charge >= 0.3 is 0 Å². The summed E-state index contributed by atoms with van der Waals surface area (Å²) in [5.41, 5.74) is 5.56. The number of rotatable bonds is 4. The highest BCUT2D eigenvalue weighted by Crippen LogP contribution is 2.30. The molecule has 1 unspecified atom stereocenters. The Morgan fingerprint density at radius 2 is 2.05 bits per heavy atom. The number of nitrogens with two attached hydrogens (primary N) is 1. The van der Waals surface area contributed by atoms with Gasteiger partial charge in [0.25, 0.3) is 0 Å². The molecule has 2 rings (SSSR count). The lowest BCUT2D eigenvalue weighted by Crippen LogP contribution is -2.40. The van der Waals surface area contributed by atoms with E-state index in [0.29, 0.717) is 30.6 Å². The average Bonchev–Trinajstić information content (AvgIpc) is 2.42. The highest BCUT2D eigenvalue weighted by Gasteiger charge is 2.31. The van der Waals surface area contributed by atoms with Crippen LogP contribution < -0.4 is 5.73 Å². The van der Waals surface area contributed by atoms with Gasteiger partial charge in [0.1, 0.15) is 4.90 Å². The summed E-state index contributed by atoms with van der Waals surface area (Å²) in [6, 6.07) is 4.50. The van der Waals surface area contributed by atoms with Gasteiger partial charge in [-0.3, -0.25) is 0 Å². The molecule has 8 heteroatoms. The molecule has 0 amide bonds. The van der Waals surface area contributed by atoms with Crippen LogP contribution in [0.2, 0.25) is 10.0 Å². The second kappa shape index (κ2) is 7.99. The van der Waals surface area contributed by atoms with Crippen molar-refractivity contribution in [3.63, 3.8) is 0 Å². The zero-order valence-electron chi connectivity index (χ0n) is 11.5. The monoisotopic (exact) mass is 372 g/mol. The molecule has 1 aliphatic heterocycles. The van der Waals surface area contributed by atoms with E-state index in [4.69, 9.17) is 28.9 Å². The zero-order chi connectivity index (χ0) is 14.8. The summed E-state index contributed by atoms with van der Waals surface area (Å²) in [6.07, 6.45) is 2.71. The van der Waals surface area contributed by atoms with E-state index in [9.17, 15) is 8.42 Å². The Bertz CT molecular complexity index is 579. The van der Waals surface area contributed by atoms with E-state index < -0.39 is 10.0 Å². The number of benzene rings is 1. The van der Waals surface area contributed by atoms with Crippen LogP contribution in [0.1, 0.15) is 19.3 Å². The van der Waals surface area contributed by atoms with E-state index in [1.807, 2.05) is 0 Å². The van der Waals surface area contributed by atoms with E-state index in [2.05, 4.69) is 0 Å². The van der Waals surface area contributed by atoms with Crippen molar-refractivity contribution in [3.8, 4) is 0 Å². The normalized spacial score (nSPS) is 20.0. The smallest absolute Gasteiger partial charge is 0.244 e. The van der Waals surface area contributed by atoms with Crippen LogP contribution in [0.3, 0.4) is 0 Å². The van der Waals surface area contributed by atoms with Crippen LogP contribution in [0.4, 0.5) is 0 Å². The predicted molar refractivity (Wildman–Crippen MR) is 88.9 cm³/mol. The van der Waals surface area contributed by atoms with Gasteiger partial charge in [0, 0.05) is 18.1 Å². The molecule has 1 atom stereocenters. The SMILES string of the molecule is Cl.NCCC1CCCN(S(=O)(=O)c2cc(Cl)ccc2Cl)C1. The number of halogens is 3. The Balaban J connectivity index is 0.00000220. The van der Waals surface area contributed by atoms with Gasteiger partial charge in [0.15, 0.2) is 0 Å². The van der Waals surface area contributed by atoms with Crippen LogP contribution in [-0.4, -0.2) is 32.4 Å². The average molecular weight is 374 g/mol. The quantitative estimate of drug-likeness (QED) is 0.881. The lowest BCUT2D eigenvalue weighted by atomic mass is 9.96. The van der Waals surface area contributed by atoms with Crippen LogP contribution in [0.5, 0.6) is 0 Å². The van der Waals surface area contributed by atoms with Gasteiger partial charge in [0.05, 0.1) is 5.02 Å². The predicted octanol–water partition coefficient (Wildman–Crippen LogP) is 3.16. The molecule has 0 bridgehead atoms. The summed E-state index contributed by atoms with van der Waals surface area (Å²) in [6.45, 7) is 1.60. The van der Waals surface area contributed by atoms with Gasteiger partial charge < -0.3 is 5.73 Å². The molecule has 0 radical (unpaired) electrons. The highest BCUT2D eigenvalue weighted by atomic mass is 35.5. The molecule has 2 N–H and O–H groups in total. The largest absolute Gasteiger partial charge is 0.330 e. The number of hydrogen-bond acceptors (Lipinski definition) is 3. The molecule has 0 spiro atoms. The molecule has 4 nitrogen and oxygen atoms in total. The summed E-state index contributed by atoms with van der Waals surface area (Å²) >= 11 is 11.9.